The second-order valence-corrected chi connectivity index (χ2v) is 8.66. The molecule has 0 saturated carbocycles. The number of carbonyl (C=O) groups is 1. The standard InChI is InChI=1S/C26H28ClN3O3/c1-18-24(14-29-26(31)25-9-8-22(33-25)17-32-2)23-10-11-30(15-20(23)13-28-18)16-21(27)12-19-6-4-3-5-7-19/h3-9,12-13H,10-11,14-17H2,1-2H3,(H,29,31). The van der Waals surface area contributed by atoms with Crippen LogP contribution in [0.1, 0.15) is 44.3 Å². The summed E-state index contributed by atoms with van der Waals surface area (Å²) in [5.41, 5.74) is 5.56. The van der Waals surface area contributed by atoms with Crippen molar-refractivity contribution in [1.29, 1.82) is 0 Å². The summed E-state index contributed by atoms with van der Waals surface area (Å²) in [5, 5.41) is 3.78. The van der Waals surface area contributed by atoms with Gasteiger partial charge in [0, 0.05) is 50.2 Å². The number of halogens is 1. The lowest BCUT2D eigenvalue weighted by Crippen LogP contribution is -2.33. The number of aryl methyl sites for hydroxylation is 1. The zero-order valence-corrected chi connectivity index (χ0v) is 19.7. The highest BCUT2D eigenvalue weighted by molar-refractivity contribution is 6.31. The first kappa shape index (κ1) is 23.2. The molecule has 0 fully saturated rings. The van der Waals surface area contributed by atoms with Crippen LogP contribution in [0.5, 0.6) is 0 Å². The Bertz CT molecular complexity index is 1140. The van der Waals surface area contributed by atoms with Gasteiger partial charge in [0.25, 0.3) is 5.91 Å². The Morgan fingerprint density at radius 3 is 2.88 bits per heavy atom. The number of hydrogen-bond donors (Lipinski definition) is 1. The molecule has 4 rings (SSSR count). The van der Waals surface area contributed by atoms with Crippen LogP contribution in [-0.4, -0.2) is 36.0 Å². The van der Waals surface area contributed by atoms with Crippen LogP contribution in [0, 0.1) is 6.92 Å². The topological polar surface area (TPSA) is 67.6 Å². The van der Waals surface area contributed by atoms with Gasteiger partial charge in [0.15, 0.2) is 5.76 Å². The van der Waals surface area contributed by atoms with Crippen molar-refractivity contribution >= 4 is 23.6 Å². The van der Waals surface area contributed by atoms with Crippen LogP contribution in [0.25, 0.3) is 6.08 Å². The highest BCUT2D eigenvalue weighted by Crippen LogP contribution is 2.25. The van der Waals surface area contributed by atoms with Crippen LogP contribution in [0.4, 0.5) is 0 Å². The lowest BCUT2D eigenvalue weighted by molar-refractivity contribution is 0.0914. The average Bonchev–Trinajstić information content (AvgIpc) is 3.28. The summed E-state index contributed by atoms with van der Waals surface area (Å²) in [4.78, 5) is 19.5. The summed E-state index contributed by atoms with van der Waals surface area (Å²) in [6.07, 6.45) is 4.84. The zero-order valence-electron chi connectivity index (χ0n) is 18.9. The molecule has 1 amide bonds. The number of benzene rings is 1. The van der Waals surface area contributed by atoms with Crippen molar-refractivity contribution in [2.45, 2.75) is 33.0 Å². The van der Waals surface area contributed by atoms with Crippen molar-refractivity contribution < 1.29 is 13.9 Å². The number of pyridine rings is 1. The van der Waals surface area contributed by atoms with E-state index in [1.807, 2.05) is 49.5 Å². The van der Waals surface area contributed by atoms with Gasteiger partial charge in [0.05, 0.1) is 0 Å². The number of fused-ring (bicyclic) bond motifs is 1. The van der Waals surface area contributed by atoms with E-state index in [9.17, 15) is 4.79 Å². The molecule has 1 aliphatic heterocycles. The van der Waals surface area contributed by atoms with Gasteiger partial charge in [-0.15, -0.1) is 0 Å². The fraction of sp³-hybridized carbons (Fsp3) is 0.308. The van der Waals surface area contributed by atoms with E-state index in [0.29, 0.717) is 25.5 Å². The number of methoxy groups -OCH3 is 1. The Kier molecular flexibility index (Phi) is 7.60. The molecule has 0 saturated heterocycles. The van der Waals surface area contributed by atoms with Crippen LogP contribution in [0.2, 0.25) is 0 Å². The van der Waals surface area contributed by atoms with Crippen molar-refractivity contribution in [2.24, 2.45) is 0 Å². The molecule has 0 bridgehead atoms. The highest BCUT2D eigenvalue weighted by Gasteiger charge is 2.22. The molecule has 1 N–H and O–H groups in total. The van der Waals surface area contributed by atoms with Gasteiger partial charge >= 0.3 is 0 Å². The van der Waals surface area contributed by atoms with Crippen molar-refractivity contribution in [2.75, 3.05) is 20.2 Å². The SMILES string of the molecule is COCc1ccc(C(=O)NCc2c(C)ncc3c2CCN(CC(Cl)=Cc2ccccc2)C3)o1. The first-order valence-electron chi connectivity index (χ1n) is 11.0. The van der Waals surface area contributed by atoms with E-state index >= 15 is 0 Å². The summed E-state index contributed by atoms with van der Waals surface area (Å²) in [6, 6.07) is 13.5. The van der Waals surface area contributed by atoms with E-state index in [1.54, 1.807) is 19.2 Å². The van der Waals surface area contributed by atoms with E-state index in [-0.39, 0.29) is 11.7 Å². The second kappa shape index (κ2) is 10.8. The average molecular weight is 466 g/mol. The van der Waals surface area contributed by atoms with E-state index in [4.69, 9.17) is 20.8 Å². The number of ether oxygens (including phenoxy) is 1. The molecule has 0 aliphatic carbocycles. The van der Waals surface area contributed by atoms with Gasteiger partial charge in [0.2, 0.25) is 0 Å². The summed E-state index contributed by atoms with van der Waals surface area (Å²) >= 11 is 6.54. The third-order valence-corrected chi connectivity index (χ3v) is 6.00. The summed E-state index contributed by atoms with van der Waals surface area (Å²) in [7, 11) is 1.59. The number of carbonyl (C=O) groups excluding carboxylic acids is 1. The number of furan rings is 1. The Balaban J connectivity index is 1.41. The number of aromatic nitrogens is 1. The van der Waals surface area contributed by atoms with Gasteiger partial charge in [-0.3, -0.25) is 14.7 Å². The van der Waals surface area contributed by atoms with Crippen LogP contribution >= 0.6 is 11.6 Å². The second-order valence-electron chi connectivity index (χ2n) is 8.17. The molecule has 2 aromatic heterocycles. The minimum Gasteiger partial charge on any atom is -0.453 e. The predicted octanol–water partition coefficient (Wildman–Crippen LogP) is 4.70. The number of rotatable bonds is 8. The van der Waals surface area contributed by atoms with E-state index in [2.05, 4.69) is 15.2 Å². The molecule has 6 nitrogen and oxygen atoms in total. The Labute approximate surface area is 199 Å². The Hall–Kier alpha value is -2.93. The van der Waals surface area contributed by atoms with Crippen LogP contribution in [0.3, 0.4) is 0 Å². The zero-order chi connectivity index (χ0) is 23.2. The first-order valence-corrected chi connectivity index (χ1v) is 11.4. The summed E-state index contributed by atoms with van der Waals surface area (Å²) in [6.45, 7) is 5.10. The molecule has 3 aromatic rings. The minimum absolute atomic E-state index is 0.246. The molecule has 0 radical (unpaired) electrons. The predicted molar refractivity (Wildman–Crippen MR) is 129 cm³/mol. The first-order chi connectivity index (χ1) is 16.0. The molecule has 0 atom stereocenters. The number of hydrogen-bond acceptors (Lipinski definition) is 5. The van der Waals surface area contributed by atoms with Gasteiger partial charge < -0.3 is 14.5 Å². The monoisotopic (exact) mass is 465 g/mol. The fourth-order valence-corrected chi connectivity index (χ4v) is 4.41. The van der Waals surface area contributed by atoms with Crippen molar-refractivity contribution in [1.82, 2.24) is 15.2 Å². The fourth-order valence-electron chi connectivity index (χ4n) is 4.11. The highest BCUT2D eigenvalue weighted by atomic mass is 35.5. The molecule has 0 unspecified atom stereocenters. The minimum atomic E-state index is -0.246. The molecule has 7 heteroatoms. The molecular formula is C26H28ClN3O3. The number of amides is 1. The third-order valence-electron chi connectivity index (χ3n) is 5.77. The van der Waals surface area contributed by atoms with Crippen LogP contribution in [0.15, 0.2) is 58.1 Å². The van der Waals surface area contributed by atoms with E-state index in [0.717, 1.165) is 41.4 Å². The molecule has 0 spiro atoms. The van der Waals surface area contributed by atoms with Gasteiger partial charge in [-0.05, 0) is 53.8 Å². The van der Waals surface area contributed by atoms with Gasteiger partial charge in [-0.2, -0.15) is 0 Å². The molecule has 172 valence electrons. The van der Waals surface area contributed by atoms with Gasteiger partial charge in [-0.25, -0.2) is 0 Å². The molecule has 1 aromatic carbocycles. The van der Waals surface area contributed by atoms with Crippen molar-refractivity contribution in [3.8, 4) is 0 Å². The summed E-state index contributed by atoms with van der Waals surface area (Å²) < 4.78 is 10.6. The lowest BCUT2D eigenvalue weighted by atomic mass is 9.95. The summed E-state index contributed by atoms with van der Waals surface area (Å²) in [5.74, 6) is 0.658. The molecule has 1 aliphatic rings. The van der Waals surface area contributed by atoms with Gasteiger partial charge in [-0.1, -0.05) is 41.9 Å². The van der Waals surface area contributed by atoms with Crippen LogP contribution < -0.4 is 5.32 Å². The van der Waals surface area contributed by atoms with E-state index in [1.165, 1.54) is 11.1 Å². The largest absolute Gasteiger partial charge is 0.453 e. The Morgan fingerprint density at radius 1 is 1.27 bits per heavy atom. The van der Waals surface area contributed by atoms with Crippen molar-refractivity contribution in [3.05, 3.63) is 93.2 Å². The number of nitrogens with zero attached hydrogens (tertiary/aromatic N) is 2. The van der Waals surface area contributed by atoms with E-state index < -0.39 is 0 Å². The molecule has 3 heterocycles. The normalized spacial score (nSPS) is 14.2. The third kappa shape index (κ3) is 5.90. The quantitative estimate of drug-likeness (QED) is 0.522. The lowest BCUT2D eigenvalue weighted by Gasteiger charge is -2.30. The maximum absolute atomic E-state index is 12.5. The smallest absolute Gasteiger partial charge is 0.287 e. The number of nitrogens with one attached hydrogen (secondary N) is 1. The molecular weight excluding hydrogens is 438 g/mol. The van der Waals surface area contributed by atoms with Crippen molar-refractivity contribution in [3.63, 3.8) is 0 Å². The van der Waals surface area contributed by atoms with Crippen LogP contribution in [-0.2, 0) is 30.9 Å². The van der Waals surface area contributed by atoms with Gasteiger partial charge in [0.1, 0.15) is 12.4 Å². The Morgan fingerprint density at radius 2 is 2.09 bits per heavy atom. The maximum Gasteiger partial charge on any atom is 0.287 e. The maximum atomic E-state index is 12.5. The molecule has 33 heavy (non-hydrogen) atoms.